The maximum absolute atomic E-state index is 11.3. The highest BCUT2D eigenvalue weighted by Gasteiger charge is 2.15. The lowest BCUT2D eigenvalue weighted by Gasteiger charge is -2.25. The van der Waals surface area contributed by atoms with E-state index in [4.69, 9.17) is 0 Å². The van der Waals surface area contributed by atoms with Gasteiger partial charge in [-0.05, 0) is 70.8 Å². The van der Waals surface area contributed by atoms with Crippen LogP contribution in [0.4, 0.5) is 17.1 Å². The summed E-state index contributed by atoms with van der Waals surface area (Å²) in [6.07, 6.45) is 8.09. The molecule has 2 N–H and O–H groups in total. The van der Waals surface area contributed by atoms with E-state index in [1.54, 1.807) is 12.1 Å². The standard InChI is InChI=1S/C34H28NO3P/c36-39(37,38)34-25-21-30(22-26-34)18-16-28-13-11-27(12-14-28)15-17-29-19-23-33(24-20-29)35(31-7-3-1-4-8-31)32-9-5-2-6-10-32/h1-26H,(H2,36,37,38)/b17-15+,18-16+. The third-order valence-electron chi connectivity index (χ3n) is 6.28. The van der Waals surface area contributed by atoms with Gasteiger partial charge in [0.2, 0.25) is 0 Å². The van der Waals surface area contributed by atoms with E-state index in [1.807, 2.05) is 36.4 Å². The van der Waals surface area contributed by atoms with E-state index in [0.717, 1.165) is 39.3 Å². The summed E-state index contributed by atoms with van der Waals surface area (Å²) in [6, 6.07) is 43.8. The maximum atomic E-state index is 11.3. The molecule has 0 aliphatic rings. The SMILES string of the molecule is O=P(O)(O)c1ccc(/C=C/c2ccc(/C=C/c3ccc(N(c4ccccc4)c4ccccc4)cc3)cc2)cc1. The van der Waals surface area contributed by atoms with Gasteiger partial charge in [-0.15, -0.1) is 0 Å². The topological polar surface area (TPSA) is 60.8 Å². The lowest BCUT2D eigenvalue weighted by molar-refractivity contribution is 0.387. The summed E-state index contributed by atoms with van der Waals surface area (Å²) >= 11 is 0. The highest BCUT2D eigenvalue weighted by atomic mass is 31.2. The molecular formula is C34H28NO3P. The molecule has 0 spiro atoms. The van der Waals surface area contributed by atoms with Gasteiger partial charge < -0.3 is 14.7 Å². The third kappa shape index (κ3) is 6.90. The van der Waals surface area contributed by atoms with Crippen molar-refractivity contribution in [3.05, 3.63) is 156 Å². The second kappa shape index (κ2) is 11.9. The highest BCUT2D eigenvalue weighted by Crippen LogP contribution is 2.34. The van der Waals surface area contributed by atoms with Crippen LogP contribution in [0.3, 0.4) is 0 Å². The van der Waals surface area contributed by atoms with Crippen molar-refractivity contribution in [2.24, 2.45) is 0 Å². The molecule has 0 unspecified atom stereocenters. The van der Waals surface area contributed by atoms with Crippen molar-refractivity contribution in [1.29, 1.82) is 0 Å². The zero-order chi connectivity index (χ0) is 27.1. The zero-order valence-electron chi connectivity index (χ0n) is 21.2. The number of anilines is 3. The molecule has 39 heavy (non-hydrogen) atoms. The molecule has 5 rings (SSSR count). The van der Waals surface area contributed by atoms with Crippen LogP contribution >= 0.6 is 7.60 Å². The minimum absolute atomic E-state index is 0.0233. The number of para-hydroxylation sites is 2. The van der Waals surface area contributed by atoms with Crippen molar-refractivity contribution in [1.82, 2.24) is 0 Å². The second-order valence-electron chi connectivity index (χ2n) is 9.07. The predicted octanol–water partition coefficient (Wildman–Crippen LogP) is 8.30. The van der Waals surface area contributed by atoms with E-state index < -0.39 is 7.60 Å². The normalized spacial score (nSPS) is 11.7. The summed E-state index contributed by atoms with van der Waals surface area (Å²) in [5.41, 5.74) is 7.44. The summed E-state index contributed by atoms with van der Waals surface area (Å²) in [7, 11) is -4.22. The summed E-state index contributed by atoms with van der Waals surface area (Å²) in [6.45, 7) is 0. The maximum Gasteiger partial charge on any atom is 0.356 e. The van der Waals surface area contributed by atoms with Crippen LogP contribution in [0.25, 0.3) is 24.3 Å². The Morgan fingerprint density at radius 2 is 0.744 bits per heavy atom. The molecule has 0 atom stereocenters. The van der Waals surface area contributed by atoms with E-state index in [-0.39, 0.29) is 5.30 Å². The Morgan fingerprint density at radius 3 is 1.10 bits per heavy atom. The minimum atomic E-state index is -4.22. The van der Waals surface area contributed by atoms with Gasteiger partial charge in [0, 0.05) is 17.1 Å². The molecule has 0 aromatic heterocycles. The lowest BCUT2D eigenvalue weighted by Crippen LogP contribution is -2.09. The van der Waals surface area contributed by atoms with Gasteiger partial charge in [0.1, 0.15) is 0 Å². The van der Waals surface area contributed by atoms with Crippen LogP contribution < -0.4 is 10.2 Å². The van der Waals surface area contributed by atoms with Gasteiger partial charge in [0.15, 0.2) is 0 Å². The fourth-order valence-corrected chi connectivity index (χ4v) is 4.76. The summed E-state index contributed by atoms with van der Waals surface area (Å²) < 4.78 is 11.3. The first-order chi connectivity index (χ1) is 19.0. The molecule has 4 nitrogen and oxygen atoms in total. The second-order valence-corrected chi connectivity index (χ2v) is 10.7. The summed E-state index contributed by atoms with van der Waals surface area (Å²) in [4.78, 5) is 20.7. The first kappa shape index (κ1) is 26.1. The van der Waals surface area contributed by atoms with Crippen LogP contribution in [0, 0.1) is 0 Å². The first-order valence-electron chi connectivity index (χ1n) is 12.6. The van der Waals surface area contributed by atoms with Crippen LogP contribution in [-0.2, 0) is 4.57 Å². The molecule has 0 saturated carbocycles. The Balaban J connectivity index is 1.26. The average molecular weight is 530 g/mol. The highest BCUT2D eigenvalue weighted by molar-refractivity contribution is 7.60. The van der Waals surface area contributed by atoms with E-state index in [2.05, 4.69) is 102 Å². The molecule has 0 bridgehead atoms. The molecular weight excluding hydrogens is 501 g/mol. The third-order valence-corrected chi connectivity index (χ3v) is 7.25. The van der Waals surface area contributed by atoms with Gasteiger partial charge in [-0.2, -0.15) is 0 Å². The lowest BCUT2D eigenvalue weighted by atomic mass is 10.1. The monoisotopic (exact) mass is 529 g/mol. The molecule has 0 amide bonds. The molecule has 5 aromatic rings. The summed E-state index contributed by atoms with van der Waals surface area (Å²) in [5, 5.41) is 0.0233. The van der Waals surface area contributed by atoms with Gasteiger partial charge in [0.05, 0.1) is 5.30 Å². The molecule has 0 saturated heterocycles. The Bertz CT molecular complexity index is 1570. The molecule has 0 fully saturated rings. The fraction of sp³-hybridized carbons (Fsp3) is 0. The largest absolute Gasteiger partial charge is 0.356 e. The van der Waals surface area contributed by atoms with Crippen LogP contribution in [0.15, 0.2) is 133 Å². The number of nitrogens with zero attached hydrogens (tertiary/aromatic N) is 1. The molecule has 0 aliphatic carbocycles. The van der Waals surface area contributed by atoms with Gasteiger partial charge >= 0.3 is 7.60 Å². The Hall–Kier alpha value is -4.47. The molecule has 192 valence electrons. The van der Waals surface area contributed by atoms with Gasteiger partial charge in [-0.25, -0.2) is 0 Å². The van der Waals surface area contributed by atoms with Crippen molar-refractivity contribution in [3.8, 4) is 0 Å². The van der Waals surface area contributed by atoms with Gasteiger partial charge in [0.25, 0.3) is 0 Å². The van der Waals surface area contributed by atoms with E-state index in [0.29, 0.717) is 0 Å². The Kier molecular flexibility index (Phi) is 8.00. The fourth-order valence-electron chi connectivity index (χ4n) is 4.22. The first-order valence-corrected chi connectivity index (χ1v) is 14.2. The van der Waals surface area contributed by atoms with Crippen molar-refractivity contribution in [3.63, 3.8) is 0 Å². The molecule has 0 heterocycles. The van der Waals surface area contributed by atoms with E-state index >= 15 is 0 Å². The van der Waals surface area contributed by atoms with Gasteiger partial charge in [-0.1, -0.05) is 109 Å². The van der Waals surface area contributed by atoms with E-state index in [1.165, 1.54) is 12.1 Å². The molecule has 0 aliphatic heterocycles. The molecule has 5 heteroatoms. The minimum Gasteiger partial charge on any atom is -0.321 e. The number of hydrogen-bond donors (Lipinski definition) is 2. The predicted molar refractivity (Wildman–Crippen MR) is 164 cm³/mol. The number of benzene rings is 5. The smallest absolute Gasteiger partial charge is 0.321 e. The van der Waals surface area contributed by atoms with Crippen LogP contribution in [0.5, 0.6) is 0 Å². The molecule has 5 aromatic carbocycles. The number of rotatable bonds is 8. The Morgan fingerprint density at radius 1 is 0.436 bits per heavy atom. The van der Waals surface area contributed by atoms with Crippen molar-refractivity contribution < 1.29 is 14.4 Å². The van der Waals surface area contributed by atoms with Gasteiger partial charge in [-0.3, -0.25) is 4.57 Å². The van der Waals surface area contributed by atoms with Crippen LogP contribution in [0.1, 0.15) is 22.3 Å². The van der Waals surface area contributed by atoms with Crippen molar-refractivity contribution >= 4 is 54.3 Å². The van der Waals surface area contributed by atoms with Crippen LogP contribution in [-0.4, -0.2) is 9.79 Å². The quantitative estimate of drug-likeness (QED) is 0.157. The number of hydrogen-bond acceptors (Lipinski definition) is 2. The Labute approximate surface area is 229 Å². The van der Waals surface area contributed by atoms with E-state index in [9.17, 15) is 14.4 Å². The zero-order valence-corrected chi connectivity index (χ0v) is 22.1. The molecule has 0 radical (unpaired) electrons. The van der Waals surface area contributed by atoms with Crippen molar-refractivity contribution in [2.75, 3.05) is 4.90 Å². The van der Waals surface area contributed by atoms with Crippen LogP contribution in [0.2, 0.25) is 0 Å². The summed E-state index contributed by atoms with van der Waals surface area (Å²) in [5.74, 6) is 0. The van der Waals surface area contributed by atoms with Crippen molar-refractivity contribution in [2.45, 2.75) is 0 Å². The average Bonchev–Trinajstić information content (AvgIpc) is 2.97.